The number of hydrogen-bond donors (Lipinski definition) is 0. The Morgan fingerprint density at radius 2 is 1.65 bits per heavy atom. The summed E-state index contributed by atoms with van der Waals surface area (Å²) in [6, 6.07) is 5.93. The van der Waals surface area contributed by atoms with Crippen molar-refractivity contribution in [1.29, 1.82) is 0 Å². The molecule has 0 saturated carbocycles. The van der Waals surface area contributed by atoms with Crippen molar-refractivity contribution >= 4 is 34.8 Å². The maximum Gasteiger partial charge on any atom is 0.419 e. The molecule has 0 amide bonds. The molecule has 0 unspecified atom stereocenters. The van der Waals surface area contributed by atoms with Crippen LogP contribution in [0.5, 0.6) is 11.6 Å². The molecule has 1 heterocycles. The number of pyridine rings is 1. The van der Waals surface area contributed by atoms with Gasteiger partial charge in [0.05, 0.1) is 10.6 Å². The standard InChI is InChI=1S/C12H5Cl3F3NO/c13-7-5-8(14)11(19-10(7)15)20-9-4-2-1-3-6(9)12(16,17)18/h1-5H. The predicted octanol–water partition coefficient (Wildman–Crippen LogP) is 5.85. The van der Waals surface area contributed by atoms with Gasteiger partial charge < -0.3 is 4.74 Å². The average Bonchev–Trinajstić information content (AvgIpc) is 2.35. The zero-order valence-electron chi connectivity index (χ0n) is 9.51. The minimum atomic E-state index is -4.56. The lowest BCUT2D eigenvalue weighted by atomic mass is 10.2. The predicted molar refractivity (Wildman–Crippen MR) is 70.8 cm³/mol. The molecule has 0 bridgehead atoms. The van der Waals surface area contributed by atoms with E-state index in [0.717, 1.165) is 12.1 Å². The van der Waals surface area contributed by atoms with Crippen LogP contribution in [0.4, 0.5) is 13.2 Å². The molecule has 0 fully saturated rings. The molecular formula is C12H5Cl3F3NO. The highest BCUT2D eigenvalue weighted by Gasteiger charge is 2.34. The van der Waals surface area contributed by atoms with E-state index in [2.05, 4.69) is 4.98 Å². The van der Waals surface area contributed by atoms with Crippen LogP contribution in [-0.4, -0.2) is 4.98 Å². The lowest BCUT2D eigenvalue weighted by Gasteiger charge is -2.13. The summed E-state index contributed by atoms with van der Waals surface area (Å²) in [5.74, 6) is -0.675. The zero-order chi connectivity index (χ0) is 14.9. The van der Waals surface area contributed by atoms with Gasteiger partial charge in [-0.1, -0.05) is 46.9 Å². The van der Waals surface area contributed by atoms with Crippen molar-refractivity contribution in [3.63, 3.8) is 0 Å². The third-order valence-electron chi connectivity index (χ3n) is 2.25. The van der Waals surface area contributed by atoms with E-state index < -0.39 is 17.5 Å². The number of ether oxygens (including phenoxy) is 1. The van der Waals surface area contributed by atoms with Crippen LogP contribution in [0.25, 0.3) is 0 Å². The van der Waals surface area contributed by atoms with Crippen LogP contribution >= 0.6 is 34.8 Å². The summed E-state index contributed by atoms with van der Waals surface area (Å²) >= 11 is 17.2. The second-order valence-electron chi connectivity index (χ2n) is 3.64. The van der Waals surface area contributed by atoms with E-state index in [0.29, 0.717) is 0 Å². The first-order valence-electron chi connectivity index (χ1n) is 5.14. The number of aromatic nitrogens is 1. The van der Waals surface area contributed by atoms with Gasteiger partial charge in [0, 0.05) is 0 Å². The summed E-state index contributed by atoms with van der Waals surface area (Å²) in [4.78, 5) is 3.70. The maximum absolute atomic E-state index is 12.8. The number of nitrogens with zero attached hydrogens (tertiary/aromatic N) is 1. The smallest absolute Gasteiger partial charge is 0.419 e. The van der Waals surface area contributed by atoms with E-state index in [1.807, 2.05) is 0 Å². The van der Waals surface area contributed by atoms with Gasteiger partial charge in [0.2, 0.25) is 5.88 Å². The van der Waals surface area contributed by atoms with Crippen LogP contribution in [0.15, 0.2) is 30.3 Å². The second-order valence-corrected chi connectivity index (χ2v) is 4.82. The van der Waals surface area contributed by atoms with Crippen molar-refractivity contribution in [2.45, 2.75) is 6.18 Å². The number of halogens is 6. The van der Waals surface area contributed by atoms with Gasteiger partial charge in [-0.2, -0.15) is 18.2 Å². The number of benzene rings is 1. The van der Waals surface area contributed by atoms with Gasteiger partial charge in [-0.05, 0) is 18.2 Å². The molecule has 106 valence electrons. The van der Waals surface area contributed by atoms with Gasteiger partial charge in [0.25, 0.3) is 0 Å². The van der Waals surface area contributed by atoms with Gasteiger partial charge in [-0.15, -0.1) is 0 Å². The molecule has 0 radical (unpaired) electrons. The molecule has 0 aliphatic carbocycles. The fraction of sp³-hybridized carbons (Fsp3) is 0.0833. The van der Waals surface area contributed by atoms with Gasteiger partial charge in [-0.3, -0.25) is 0 Å². The molecule has 1 aromatic carbocycles. The van der Waals surface area contributed by atoms with Crippen molar-refractivity contribution in [2.24, 2.45) is 0 Å². The molecule has 2 rings (SSSR count). The lowest BCUT2D eigenvalue weighted by Crippen LogP contribution is -2.07. The minimum absolute atomic E-state index is 0.0450. The van der Waals surface area contributed by atoms with E-state index >= 15 is 0 Å². The number of hydrogen-bond acceptors (Lipinski definition) is 2. The number of para-hydroxylation sites is 1. The van der Waals surface area contributed by atoms with E-state index in [9.17, 15) is 13.2 Å². The van der Waals surface area contributed by atoms with Crippen LogP contribution < -0.4 is 4.74 Å². The highest BCUT2D eigenvalue weighted by atomic mass is 35.5. The average molecular weight is 343 g/mol. The van der Waals surface area contributed by atoms with Gasteiger partial charge in [0.15, 0.2) is 5.15 Å². The van der Waals surface area contributed by atoms with Crippen LogP contribution in [0.2, 0.25) is 15.2 Å². The van der Waals surface area contributed by atoms with Crippen LogP contribution in [0.1, 0.15) is 5.56 Å². The Balaban J connectivity index is 2.43. The summed E-state index contributed by atoms with van der Waals surface area (Å²) in [6.45, 7) is 0. The minimum Gasteiger partial charge on any atom is -0.437 e. The van der Waals surface area contributed by atoms with E-state index in [4.69, 9.17) is 39.5 Å². The van der Waals surface area contributed by atoms with Gasteiger partial charge in [0.1, 0.15) is 10.8 Å². The lowest BCUT2D eigenvalue weighted by molar-refractivity contribution is -0.138. The van der Waals surface area contributed by atoms with Crippen molar-refractivity contribution in [1.82, 2.24) is 4.98 Å². The molecule has 0 aliphatic heterocycles. The van der Waals surface area contributed by atoms with Crippen LogP contribution in [0, 0.1) is 0 Å². The molecule has 0 aliphatic rings. The Hall–Kier alpha value is -1.17. The normalized spacial score (nSPS) is 11.5. The molecule has 2 nitrogen and oxygen atoms in total. The van der Waals surface area contributed by atoms with Crippen molar-refractivity contribution in [2.75, 3.05) is 0 Å². The topological polar surface area (TPSA) is 22.1 Å². The molecule has 0 saturated heterocycles. The Morgan fingerprint density at radius 3 is 2.30 bits per heavy atom. The number of rotatable bonds is 2. The third kappa shape index (κ3) is 3.29. The Labute approximate surface area is 127 Å². The largest absolute Gasteiger partial charge is 0.437 e. The quantitative estimate of drug-likeness (QED) is 0.638. The molecule has 1 aromatic heterocycles. The molecule has 8 heteroatoms. The second kappa shape index (κ2) is 5.68. The Morgan fingerprint density at radius 1 is 1.00 bits per heavy atom. The monoisotopic (exact) mass is 341 g/mol. The first-order valence-corrected chi connectivity index (χ1v) is 6.28. The van der Waals surface area contributed by atoms with Crippen LogP contribution in [-0.2, 0) is 6.18 Å². The van der Waals surface area contributed by atoms with Crippen molar-refractivity contribution in [3.8, 4) is 11.6 Å². The molecule has 0 N–H and O–H groups in total. The fourth-order valence-electron chi connectivity index (χ4n) is 1.39. The molecule has 0 spiro atoms. The van der Waals surface area contributed by atoms with Gasteiger partial charge >= 0.3 is 6.18 Å². The first kappa shape index (κ1) is 15.2. The third-order valence-corrected chi connectivity index (χ3v) is 3.20. The van der Waals surface area contributed by atoms with E-state index in [-0.39, 0.29) is 21.1 Å². The molecule has 0 atom stereocenters. The van der Waals surface area contributed by atoms with E-state index in [1.165, 1.54) is 18.2 Å². The first-order chi connectivity index (χ1) is 9.29. The van der Waals surface area contributed by atoms with E-state index in [1.54, 1.807) is 0 Å². The zero-order valence-corrected chi connectivity index (χ0v) is 11.8. The Bertz CT molecular complexity index is 646. The maximum atomic E-state index is 12.8. The Kier molecular flexibility index (Phi) is 4.32. The van der Waals surface area contributed by atoms with Crippen molar-refractivity contribution in [3.05, 3.63) is 51.1 Å². The molecule has 20 heavy (non-hydrogen) atoms. The highest BCUT2D eigenvalue weighted by molar-refractivity contribution is 6.42. The summed E-state index contributed by atoms with van der Waals surface area (Å²) in [6.07, 6.45) is -4.56. The van der Waals surface area contributed by atoms with Gasteiger partial charge in [-0.25, -0.2) is 0 Å². The van der Waals surface area contributed by atoms with Crippen LogP contribution in [0.3, 0.4) is 0 Å². The summed E-state index contributed by atoms with van der Waals surface area (Å²) in [5, 5.41) is -0.0833. The highest BCUT2D eigenvalue weighted by Crippen LogP contribution is 2.39. The van der Waals surface area contributed by atoms with Crippen molar-refractivity contribution < 1.29 is 17.9 Å². The summed E-state index contributed by atoms with van der Waals surface area (Å²) < 4.78 is 43.5. The molecule has 2 aromatic rings. The summed E-state index contributed by atoms with van der Waals surface area (Å²) in [7, 11) is 0. The number of alkyl halides is 3. The molecular weight excluding hydrogens is 337 g/mol. The fourth-order valence-corrected chi connectivity index (χ4v) is 1.92. The SMILES string of the molecule is FC(F)(F)c1ccccc1Oc1nc(Cl)c(Cl)cc1Cl. The summed E-state index contributed by atoms with van der Waals surface area (Å²) in [5.41, 5.74) is -0.941.